The Morgan fingerprint density at radius 1 is 1.33 bits per heavy atom. The first-order chi connectivity index (χ1) is 8.40. The number of halogens is 2. The van der Waals surface area contributed by atoms with Crippen molar-refractivity contribution in [2.24, 2.45) is 0 Å². The van der Waals surface area contributed by atoms with Gasteiger partial charge in [-0.1, -0.05) is 15.9 Å². The normalized spacial score (nSPS) is 11.7. The van der Waals surface area contributed by atoms with Crippen LogP contribution in [0.3, 0.4) is 0 Å². The third-order valence-corrected chi connectivity index (χ3v) is 3.10. The maximum Gasteiger partial charge on any atom is 0.334 e. The van der Waals surface area contributed by atoms with Crippen molar-refractivity contribution in [1.82, 2.24) is 5.32 Å². The zero-order chi connectivity index (χ0) is 13.7. The first-order valence-electron chi connectivity index (χ1n) is 4.81. The van der Waals surface area contributed by atoms with Crippen molar-refractivity contribution >= 4 is 49.5 Å². The number of aliphatic hydroxyl groups is 1. The average Bonchev–Trinajstić information content (AvgIpc) is 2.30. The van der Waals surface area contributed by atoms with E-state index < -0.39 is 18.1 Å². The van der Waals surface area contributed by atoms with Crippen molar-refractivity contribution in [2.45, 2.75) is 6.10 Å². The summed E-state index contributed by atoms with van der Waals surface area (Å²) in [5.41, 5.74) is 0.520. The lowest BCUT2D eigenvalue weighted by atomic mass is 10.3. The van der Waals surface area contributed by atoms with Crippen molar-refractivity contribution in [2.75, 3.05) is 11.9 Å². The summed E-state index contributed by atoms with van der Waals surface area (Å²) in [6, 6.07) is 4.61. The third kappa shape index (κ3) is 4.63. The molecule has 0 fully saturated rings. The van der Waals surface area contributed by atoms with Gasteiger partial charge in [0.2, 0.25) is 0 Å². The van der Waals surface area contributed by atoms with Gasteiger partial charge in [0.1, 0.15) is 0 Å². The smallest absolute Gasteiger partial charge is 0.334 e. The molecule has 0 spiro atoms. The van der Waals surface area contributed by atoms with Crippen molar-refractivity contribution in [3.63, 3.8) is 0 Å². The number of amides is 2. The Kier molecular flexibility index (Phi) is 5.57. The van der Waals surface area contributed by atoms with Crippen molar-refractivity contribution in [3.05, 3.63) is 27.1 Å². The lowest BCUT2D eigenvalue weighted by Gasteiger charge is -2.10. The number of hydrogen-bond acceptors (Lipinski definition) is 3. The van der Waals surface area contributed by atoms with E-state index >= 15 is 0 Å². The predicted molar refractivity (Wildman–Crippen MR) is 72.5 cm³/mol. The lowest BCUT2D eigenvalue weighted by Crippen LogP contribution is -2.38. The van der Waals surface area contributed by atoms with E-state index in [0.717, 1.165) is 4.47 Å². The minimum atomic E-state index is -1.62. The van der Waals surface area contributed by atoms with Crippen LogP contribution in [0.5, 0.6) is 0 Å². The molecule has 0 saturated heterocycles. The zero-order valence-electron chi connectivity index (χ0n) is 8.98. The highest BCUT2D eigenvalue weighted by atomic mass is 79.9. The second-order valence-electron chi connectivity index (χ2n) is 3.31. The van der Waals surface area contributed by atoms with E-state index in [1.807, 2.05) is 0 Å². The summed E-state index contributed by atoms with van der Waals surface area (Å²) >= 11 is 6.51. The molecule has 0 radical (unpaired) electrons. The number of benzene rings is 1. The standard InChI is InChI=1S/C10H10Br2N2O4/c11-5-1-2-6(12)7(3-5)14-10(18)13-4-8(15)9(16)17/h1-3,8,15H,4H2,(H,16,17)(H2,13,14,18)/t8-/m0/s1. The molecule has 6 nitrogen and oxygen atoms in total. The van der Waals surface area contributed by atoms with E-state index in [9.17, 15) is 9.59 Å². The number of urea groups is 1. The van der Waals surface area contributed by atoms with Gasteiger partial charge in [0.15, 0.2) is 6.10 Å². The molecular weight excluding hydrogens is 372 g/mol. The van der Waals surface area contributed by atoms with Crippen LogP contribution in [0.1, 0.15) is 0 Å². The minimum absolute atomic E-state index is 0.368. The van der Waals surface area contributed by atoms with Gasteiger partial charge in [0, 0.05) is 8.95 Å². The topological polar surface area (TPSA) is 98.7 Å². The Balaban J connectivity index is 2.54. The van der Waals surface area contributed by atoms with E-state index in [1.54, 1.807) is 18.2 Å². The van der Waals surface area contributed by atoms with Crippen LogP contribution in [0.25, 0.3) is 0 Å². The zero-order valence-corrected chi connectivity index (χ0v) is 12.2. The van der Waals surface area contributed by atoms with Crippen LogP contribution in [-0.4, -0.2) is 34.9 Å². The second kappa shape index (κ2) is 6.72. The Bertz CT molecular complexity index is 467. The Morgan fingerprint density at radius 2 is 2.00 bits per heavy atom. The van der Waals surface area contributed by atoms with E-state index in [2.05, 4.69) is 42.5 Å². The summed E-state index contributed by atoms with van der Waals surface area (Å²) < 4.78 is 1.46. The van der Waals surface area contributed by atoms with Gasteiger partial charge in [-0.25, -0.2) is 9.59 Å². The fourth-order valence-corrected chi connectivity index (χ4v) is 1.74. The second-order valence-corrected chi connectivity index (χ2v) is 5.08. The fourth-order valence-electron chi connectivity index (χ4n) is 1.04. The van der Waals surface area contributed by atoms with Gasteiger partial charge < -0.3 is 20.8 Å². The number of aliphatic hydroxyl groups excluding tert-OH is 1. The van der Waals surface area contributed by atoms with Crippen LogP contribution in [0.15, 0.2) is 27.1 Å². The molecule has 0 aliphatic heterocycles. The largest absolute Gasteiger partial charge is 0.479 e. The van der Waals surface area contributed by atoms with E-state index in [0.29, 0.717) is 10.2 Å². The van der Waals surface area contributed by atoms with Crippen LogP contribution in [0, 0.1) is 0 Å². The number of carboxylic acid groups (broad SMARTS) is 1. The van der Waals surface area contributed by atoms with Crippen LogP contribution >= 0.6 is 31.9 Å². The monoisotopic (exact) mass is 380 g/mol. The molecule has 18 heavy (non-hydrogen) atoms. The summed E-state index contributed by atoms with van der Waals surface area (Å²) in [6.45, 7) is -0.368. The number of aliphatic carboxylic acids is 1. The Morgan fingerprint density at radius 3 is 2.61 bits per heavy atom. The minimum Gasteiger partial charge on any atom is -0.479 e. The molecule has 1 aromatic carbocycles. The number of carboxylic acids is 1. The first kappa shape index (κ1) is 14.9. The lowest BCUT2D eigenvalue weighted by molar-refractivity contribution is -0.146. The summed E-state index contributed by atoms with van der Waals surface area (Å²) in [7, 11) is 0. The molecule has 0 bridgehead atoms. The Hall–Kier alpha value is -1.12. The molecule has 2 amide bonds. The third-order valence-electron chi connectivity index (χ3n) is 1.92. The molecule has 0 aliphatic carbocycles. The quantitative estimate of drug-likeness (QED) is 0.638. The van der Waals surface area contributed by atoms with Gasteiger partial charge in [-0.15, -0.1) is 0 Å². The maximum absolute atomic E-state index is 11.4. The average molecular weight is 382 g/mol. The van der Waals surface area contributed by atoms with Gasteiger partial charge in [-0.2, -0.15) is 0 Å². The number of nitrogens with one attached hydrogen (secondary N) is 2. The van der Waals surface area contributed by atoms with Gasteiger partial charge in [-0.05, 0) is 34.1 Å². The van der Waals surface area contributed by atoms with Crippen LogP contribution < -0.4 is 10.6 Å². The number of hydrogen-bond donors (Lipinski definition) is 4. The fraction of sp³-hybridized carbons (Fsp3) is 0.200. The molecule has 0 saturated carbocycles. The molecule has 1 atom stereocenters. The molecule has 1 rings (SSSR count). The molecule has 98 valence electrons. The predicted octanol–water partition coefficient (Wildman–Crippen LogP) is 1.78. The molecule has 0 aromatic heterocycles. The van der Waals surface area contributed by atoms with E-state index in [4.69, 9.17) is 10.2 Å². The van der Waals surface area contributed by atoms with Gasteiger partial charge in [0.25, 0.3) is 0 Å². The van der Waals surface area contributed by atoms with Gasteiger partial charge in [-0.3, -0.25) is 0 Å². The summed E-state index contributed by atoms with van der Waals surface area (Å²) in [5.74, 6) is -1.39. The molecule has 0 unspecified atom stereocenters. The van der Waals surface area contributed by atoms with Gasteiger partial charge in [0.05, 0.1) is 12.2 Å². The van der Waals surface area contributed by atoms with Crippen LogP contribution in [0.2, 0.25) is 0 Å². The molecule has 1 aromatic rings. The van der Waals surface area contributed by atoms with Crippen LogP contribution in [-0.2, 0) is 4.79 Å². The molecule has 8 heteroatoms. The molecular formula is C10H10Br2N2O4. The Labute approximate surface area is 120 Å². The SMILES string of the molecule is O=C(NC[C@H](O)C(=O)O)Nc1cc(Br)ccc1Br. The highest BCUT2D eigenvalue weighted by Crippen LogP contribution is 2.25. The summed E-state index contributed by atoms with van der Waals surface area (Å²) in [4.78, 5) is 21.8. The van der Waals surface area contributed by atoms with Crippen LogP contribution in [0.4, 0.5) is 10.5 Å². The number of rotatable bonds is 4. The number of carbonyl (C=O) groups is 2. The van der Waals surface area contributed by atoms with Gasteiger partial charge >= 0.3 is 12.0 Å². The van der Waals surface area contributed by atoms with Crippen molar-refractivity contribution in [3.8, 4) is 0 Å². The van der Waals surface area contributed by atoms with E-state index in [1.165, 1.54) is 0 Å². The van der Waals surface area contributed by atoms with Crippen molar-refractivity contribution in [1.29, 1.82) is 0 Å². The first-order valence-corrected chi connectivity index (χ1v) is 6.39. The molecule has 0 heterocycles. The summed E-state index contributed by atoms with van der Waals surface area (Å²) in [6.07, 6.45) is -1.62. The number of carbonyl (C=O) groups excluding carboxylic acids is 1. The maximum atomic E-state index is 11.4. The summed E-state index contributed by atoms with van der Waals surface area (Å²) in [5, 5.41) is 22.2. The molecule has 0 aliphatic rings. The molecule has 4 N–H and O–H groups in total. The highest BCUT2D eigenvalue weighted by Gasteiger charge is 2.14. The highest BCUT2D eigenvalue weighted by molar-refractivity contribution is 9.11. The van der Waals surface area contributed by atoms with Crippen molar-refractivity contribution < 1.29 is 19.8 Å². The van der Waals surface area contributed by atoms with E-state index in [-0.39, 0.29) is 6.54 Å². The number of anilines is 1.